The van der Waals surface area contributed by atoms with E-state index in [0.29, 0.717) is 42.2 Å². The fraction of sp³-hybridized carbons (Fsp3) is 0.429. The molecule has 0 radical (unpaired) electrons. The first kappa shape index (κ1) is 19.6. The number of pyridine rings is 1. The average molecular weight is 413 g/mol. The molecule has 1 amide bonds. The van der Waals surface area contributed by atoms with E-state index < -0.39 is 0 Å². The number of carbonyl (C=O) groups excluding carboxylic acids is 2. The van der Waals surface area contributed by atoms with E-state index in [1.165, 1.54) is 4.88 Å². The topological polar surface area (TPSA) is 77.3 Å². The van der Waals surface area contributed by atoms with Gasteiger partial charge in [-0.1, -0.05) is 6.07 Å². The molecule has 0 aromatic carbocycles. The standard InChI is InChI=1S/C21H24N4O3S/c1-3-28-19(26)13-24(11-15-6-7-15)21(27)17-9-14(2)23-20-18(17)10-22-25(20)12-16-5-4-8-29-16/h4-5,8-10,15H,3,6-7,11-13H2,1-2H3. The summed E-state index contributed by atoms with van der Waals surface area (Å²) in [6, 6.07) is 5.84. The van der Waals surface area contributed by atoms with Gasteiger partial charge in [0.1, 0.15) is 6.54 Å². The van der Waals surface area contributed by atoms with Gasteiger partial charge in [0.2, 0.25) is 0 Å². The summed E-state index contributed by atoms with van der Waals surface area (Å²) < 4.78 is 6.89. The average Bonchev–Trinajstić information content (AvgIpc) is 3.20. The van der Waals surface area contributed by atoms with Crippen LogP contribution in [0.2, 0.25) is 0 Å². The minimum atomic E-state index is -0.378. The van der Waals surface area contributed by atoms with Gasteiger partial charge in [-0.15, -0.1) is 11.3 Å². The molecule has 0 aliphatic heterocycles. The quantitative estimate of drug-likeness (QED) is 0.531. The number of ether oxygens (including phenoxy) is 1. The Hall–Kier alpha value is -2.74. The van der Waals surface area contributed by atoms with Crippen LogP contribution < -0.4 is 0 Å². The Balaban J connectivity index is 1.66. The largest absolute Gasteiger partial charge is 0.465 e. The molecule has 1 fully saturated rings. The maximum absolute atomic E-state index is 13.4. The van der Waals surface area contributed by atoms with Crippen molar-refractivity contribution in [1.82, 2.24) is 19.7 Å². The van der Waals surface area contributed by atoms with Gasteiger partial charge in [-0.2, -0.15) is 5.10 Å². The Morgan fingerprint density at radius 1 is 1.38 bits per heavy atom. The summed E-state index contributed by atoms with van der Waals surface area (Å²) in [6.45, 7) is 5.09. The first-order valence-corrected chi connectivity index (χ1v) is 10.7. The predicted octanol–water partition coefficient (Wildman–Crippen LogP) is 3.26. The van der Waals surface area contributed by atoms with Crippen LogP contribution in [0.1, 0.15) is 40.7 Å². The molecule has 7 nitrogen and oxygen atoms in total. The van der Waals surface area contributed by atoms with E-state index in [2.05, 4.69) is 16.1 Å². The van der Waals surface area contributed by atoms with Crippen LogP contribution in [0.3, 0.4) is 0 Å². The van der Waals surface area contributed by atoms with E-state index >= 15 is 0 Å². The molecule has 0 atom stereocenters. The molecule has 1 saturated carbocycles. The van der Waals surface area contributed by atoms with E-state index in [-0.39, 0.29) is 18.4 Å². The van der Waals surface area contributed by atoms with E-state index in [9.17, 15) is 9.59 Å². The first-order valence-electron chi connectivity index (χ1n) is 9.85. The lowest BCUT2D eigenvalue weighted by molar-refractivity contribution is -0.143. The first-order chi connectivity index (χ1) is 14.0. The zero-order chi connectivity index (χ0) is 20.4. The van der Waals surface area contributed by atoms with Crippen molar-refractivity contribution >= 4 is 34.2 Å². The summed E-state index contributed by atoms with van der Waals surface area (Å²) in [5, 5.41) is 7.21. The minimum Gasteiger partial charge on any atom is -0.465 e. The van der Waals surface area contributed by atoms with E-state index in [4.69, 9.17) is 4.74 Å². The van der Waals surface area contributed by atoms with Gasteiger partial charge in [0.15, 0.2) is 5.65 Å². The predicted molar refractivity (Wildman–Crippen MR) is 111 cm³/mol. The molecule has 1 aliphatic carbocycles. The highest BCUT2D eigenvalue weighted by Gasteiger charge is 2.30. The van der Waals surface area contributed by atoms with E-state index in [0.717, 1.165) is 18.5 Å². The molecule has 0 saturated heterocycles. The summed E-state index contributed by atoms with van der Waals surface area (Å²) in [5.74, 6) is -0.0820. The number of thiophene rings is 1. The van der Waals surface area contributed by atoms with Gasteiger partial charge in [0.25, 0.3) is 5.91 Å². The zero-order valence-corrected chi connectivity index (χ0v) is 17.4. The van der Waals surface area contributed by atoms with Gasteiger partial charge in [-0.25, -0.2) is 9.67 Å². The minimum absolute atomic E-state index is 0.0324. The second-order valence-corrected chi connectivity index (χ2v) is 8.40. The van der Waals surface area contributed by atoms with Crippen molar-refractivity contribution in [3.63, 3.8) is 0 Å². The van der Waals surface area contributed by atoms with E-state index in [1.807, 2.05) is 23.1 Å². The third-order valence-corrected chi connectivity index (χ3v) is 5.80. The molecule has 0 bridgehead atoms. The number of aryl methyl sites for hydroxylation is 1. The molecular formula is C21H24N4O3S. The summed E-state index contributed by atoms with van der Waals surface area (Å²) in [7, 11) is 0. The maximum Gasteiger partial charge on any atom is 0.325 e. The number of amides is 1. The number of carbonyl (C=O) groups is 2. The lowest BCUT2D eigenvalue weighted by Crippen LogP contribution is -2.38. The Kier molecular flexibility index (Phi) is 5.62. The summed E-state index contributed by atoms with van der Waals surface area (Å²) in [6.07, 6.45) is 3.88. The zero-order valence-electron chi connectivity index (χ0n) is 16.6. The molecule has 0 unspecified atom stereocenters. The van der Waals surface area contributed by atoms with Crippen LogP contribution in [0.25, 0.3) is 11.0 Å². The molecule has 8 heteroatoms. The van der Waals surface area contributed by atoms with Crippen LogP contribution in [0.15, 0.2) is 29.8 Å². The van der Waals surface area contributed by atoms with Crippen LogP contribution in [-0.2, 0) is 16.1 Å². The molecular weight excluding hydrogens is 388 g/mol. The second kappa shape index (κ2) is 8.32. The van der Waals surface area contributed by atoms with Crippen molar-refractivity contribution in [2.75, 3.05) is 19.7 Å². The number of hydrogen-bond acceptors (Lipinski definition) is 6. The van der Waals surface area contributed by atoms with Gasteiger partial charge in [-0.05, 0) is 50.1 Å². The summed E-state index contributed by atoms with van der Waals surface area (Å²) >= 11 is 1.66. The number of fused-ring (bicyclic) bond motifs is 1. The van der Waals surface area contributed by atoms with E-state index in [1.54, 1.807) is 35.4 Å². The summed E-state index contributed by atoms with van der Waals surface area (Å²) in [5.41, 5.74) is 1.97. The highest BCUT2D eigenvalue weighted by atomic mass is 32.1. The fourth-order valence-corrected chi connectivity index (χ4v) is 4.07. The monoisotopic (exact) mass is 412 g/mol. The molecule has 3 heterocycles. The normalized spacial score (nSPS) is 13.6. The highest BCUT2D eigenvalue weighted by molar-refractivity contribution is 7.09. The van der Waals surface area contributed by atoms with Crippen LogP contribution in [0, 0.1) is 12.8 Å². The van der Waals surface area contributed by atoms with Crippen LogP contribution in [-0.4, -0.2) is 51.2 Å². The van der Waals surface area contributed by atoms with Crippen molar-refractivity contribution in [2.24, 2.45) is 5.92 Å². The molecule has 4 rings (SSSR count). The third-order valence-electron chi connectivity index (χ3n) is 4.94. The Labute approximate surface area is 173 Å². The number of nitrogens with zero attached hydrogens (tertiary/aromatic N) is 4. The summed E-state index contributed by atoms with van der Waals surface area (Å²) in [4.78, 5) is 32.9. The smallest absolute Gasteiger partial charge is 0.325 e. The van der Waals surface area contributed by atoms with Gasteiger partial charge in [0, 0.05) is 17.1 Å². The lowest BCUT2D eigenvalue weighted by Gasteiger charge is -2.22. The molecule has 1 aliphatic rings. The Bertz CT molecular complexity index is 1020. The Morgan fingerprint density at radius 3 is 2.90 bits per heavy atom. The maximum atomic E-state index is 13.4. The van der Waals surface area contributed by atoms with Gasteiger partial charge in [0.05, 0.1) is 30.3 Å². The fourth-order valence-electron chi connectivity index (χ4n) is 3.38. The molecule has 0 spiro atoms. The number of hydrogen-bond donors (Lipinski definition) is 0. The van der Waals surface area contributed by atoms with Gasteiger partial charge >= 0.3 is 5.97 Å². The lowest BCUT2D eigenvalue weighted by atomic mass is 10.1. The number of esters is 1. The Morgan fingerprint density at radius 2 is 2.21 bits per heavy atom. The molecule has 0 N–H and O–H groups in total. The van der Waals surface area contributed by atoms with Crippen LogP contribution in [0.5, 0.6) is 0 Å². The van der Waals surface area contributed by atoms with Crippen molar-refractivity contribution in [3.05, 3.63) is 45.9 Å². The van der Waals surface area contributed by atoms with Crippen molar-refractivity contribution in [2.45, 2.75) is 33.2 Å². The van der Waals surface area contributed by atoms with Crippen molar-refractivity contribution < 1.29 is 14.3 Å². The second-order valence-electron chi connectivity index (χ2n) is 7.36. The third kappa shape index (κ3) is 4.48. The van der Waals surface area contributed by atoms with Crippen molar-refractivity contribution in [3.8, 4) is 0 Å². The van der Waals surface area contributed by atoms with Crippen LogP contribution in [0.4, 0.5) is 0 Å². The van der Waals surface area contributed by atoms with Gasteiger partial charge in [-0.3, -0.25) is 9.59 Å². The van der Waals surface area contributed by atoms with Gasteiger partial charge < -0.3 is 9.64 Å². The SMILES string of the molecule is CCOC(=O)CN(CC1CC1)C(=O)c1cc(C)nc2c1cnn2Cc1cccs1. The highest BCUT2D eigenvalue weighted by Crippen LogP contribution is 2.31. The molecule has 29 heavy (non-hydrogen) atoms. The van der Waals surface area contributed by atoms with Crippen molar-refractivity contribution in [1.29, 1.82) is 0 Å². The molecule has 152 valence electrons. The number of rotatable bonds is 8. The number of aromatic nitrogens is 3. The van der Waals surface area contributed by atoms with Crippen LogP contribution >= 0.6 is 11.3 Å². The molecule has 3 aromatic rings. The molecule has 3 aromatic heterocycles.